The minimum Gasteiger partial charge on any atom is -0.496 e. The lowest BCUT2D eigenvalue weighted by Gasteiger charge is -2.16. The first kappa shape index (κ1) is 19.0. The Balaban J connectivity index is 1.77. The molecule has 2 aromatic carbocycles. The summed E-state index contributed by atoms with van der Waals surface area (Å²) in [5.74, 6) is 1.14. The number of hydrogen-bond acceptors (Lipinski definition) is 5. The smallest absolute Gasteiger partial charge is 0.412 e. The summed E-state index contributed by atoms with van der Waals surface area (Å²) >= 11 is 3.40. The number of carbonyl (C=O) groups is 1. The van der Waals surface area contributed by atoms with Crippen LogP contribution in [0.4, 0.5) is 10.5 Å². The van der Waals surface area contributed by atoms with Crippen LogP contribution >= 0.6 is 15.9 Å². The molecular weight excluding hydrogens is 412 g/mol. The number of para-hydroxylation sites is 1. The molecular formula is C20H19BrN2O4. The topological polar surface area (TPSA) is 73.6 Å². The summed E-state index contributed by atoms with van der Waals surface area (Å²) in [6, 6.07) is 14.9. The Kier molecular flexibility index (Phi) is 5.81. The molecule has 1 aromatic heterocycles. The standard InChI is InChI=1S/C20H19BrN2O4/c1-12-18(19(27-23-12)14-8-10-15(21)11-9-14)22-20(24)26-13(2)16-6-4-5-7-17(16)25-3/h4-11,13H,1-3H3,(H,22,24). The van der Waals surface area contributed by atoms with Crippen molar-refractivity contribution >= 4 is 27.7 Å². The fourth-order valence-corrected chi connectivity index (χ4v) is 2.94. The van der Waals surface area contributed by atoms with Gasteiger partial charge in [-0.25, -0.2) is 4.79 Å². The van der Waals surface area contributed by atoms with Crippen LogP contribution in [0.5, 0.6) is 5.75 Å². The maximum absolute atomic E-state index is 12.4. The molecule has 0 saturated carbocycles. The Morgan fingerprint density at radius 3 is 2.59 bits per heavy atom. The molecule has 6 nitrogen and oxygen atoms in total. The van der Waals surface area contributed by atoms with Crippen LogP contribution in [0, 0.1) is 6.92 Å². The first-order valence-corrected chi connectivity index (χ1v) is 9.11. The molecule has 27 heavy (non-hydrogen) atoms. The van der Waals surface area contributed by atoms with E-state index in [2.05, 4.69) is 26.4 Å². The molecule has 1 amide bonds. The Morgan fingerprint density at radius 1 is 1.19 bits per heavy atom. The quantitative estimate of drug-likeness (QED) is 0.559. The van der Waals surface area contributed by atoms with Crippen LogP contribution in [0.25, 0.3) is 11.3 Å². The second kappa shape index (κ2) is 8.26. The number of rotatable bonds is 5. The van der Waals surface area contributed by atoms with Gasteiger partial charge in [-0.3, -0.25) is 5.32 Å². The summed E-state index contributed by atoms with van der Waals surface area (Å²) in [5, 5.41) is 6.70. The van der Waals surface area contributed by atoms with Crippen LogP contribution in [0.1, 0.15) is 24.3 Å². The van der Waals surface area contributed by atoms with Crippen LogP contribution in [0.2, 0.25) is 0 Å². The summed E-state index contributed by atoms with van der Waals surface area (Å²) in [6.45, 7) is 3.54. The van der Waals surface area contributed by atoms with Gasteiger partial charge in [-0.15, -0.1) is 0 Å². The van der Waals surface area contributed by atoms with Crippen LogP contribution in [0.3, 0.4) is 0 Å². The molecule has 1 atom stereocenters. The number of aromatic nitrogens is 1. The first-order chi connectivity index (χ1) is 13.0. The zero-order valence-electron chi connectivity index (χ0n) is 15.2. The SMILES string of the molecule is COc1ccccc1C(C)OC(=O)Nc1c(C)noc1-c1ccc(Br)cc1. The normalized spacial score (nSPS) is 11.7. The molecule has 1 N–H and O–H groups in total. The second-order valence-electron chi connectivity index (χ2n) is 5.89. The lowest BCUT2D eigenvalue weighted by Crippen LogP contribution is -2.17. The van der Waals surface area contributed by atoms with Gasteiger partial charge >= 0.3 is 6.09 Å². The number of benzene rings is 2. The van der Waals surface area contributed by atoms with Crippen LogP contribution in [0.15, 0.2) is 57.5 Å². The van der Waals surface area contributed by atoms with Gasteiger partial charge in [0.1, 0.15) is 23.2 Å². The van der Waals surface area contributed by atoms with E-state index in [1.807, 2.05) is 48.5 Å². The molecule has 3 rings (SSSR count). The maximum atomic E-state index is 12.4. The Labute approximate surface area is 165 Å². The highest BCUT2D eigenvalue weighted by Gasteiger charge is 2.21. The van der Waals surface area contributed by atoms with Crippen molar-refractivity contribution in [3.63, 3.8) is 0 Å². The number of anilines is 1. The van der Waals surface area contributed by atoms with Crippen LogP contribution in [-0.4, -0.2) is 18.4 Å². The van der Waals surface area contributed by atoms with E-state index in [4.69, 9.17) is 14.0 Å². The second-order valence-corrected chi connectivity index (χ2v) is 6.81. The highest BCUT2D eigenvalue weighted by atomic mass is 79.9. The van der Waals surface area contributed by atoms with Gasteiger partial charge in [-0.2, -0.15) is 0 Å². The van der Waals surface area contributed by atoms with Gasteiger partial charge in [0.2, 0.25) is 0 Å². The number of carbonyl (C=O) groups excluding carboxylic acids is 1. The van der Waals surface area contributed by atoms with E-state index in [1.54, 1.807) is 21.0 Å². The van der Waals surface area contributed by atoms with Gasteiger partial charge in [0.25, 0.3) is 0 Å². The molecule has 3 aromatic rings. The van der Waals surface area contributed by atoms with E-state index < -0.39 is 12.2 Å². The van der Waals surface area contributed by atoms with Crippen molar-refractivity contribution in [3.8, 4) is 17.1 Å². The lowest BCUT2D eigenvalue weighted by atomic mass is 10.1. The van der Waals surface area contributed by atoms with Crippen molar-refractivity contribution in [1.29, 1.82) is 0 Å². The highest BCUT2D eigenvalue weighted by Crippen LogP contribution is 2.32. The van der Waals surface area contributed by atoms with Crippen molar-refractivity contribution in [2.75, 3.05) is 12.4 Å². The maximum Gasteiger partial charge on any atom is 0.412 e. The molecule has 0 spiro atoms. The largest absolute Gasteiger partial charge is 0.496 e. The minimum absolute atomic E-state index is 0.474. The van der Waals surface area contributed by atoms with Crippen LogP contribution < -0.4 is 10.1 Å². The molecule has 1 heterocycles. The molecule has 140 valence electrons. The summed E-state index contributed by atoms with van der Waals surface area (Å²) < 4.78 is 17.2. The average molecular weight is 431 g/mol. The summed E-state index contributed by atoms with van der Waals surface area (Å²) in [5.41, 5.74) is 2.63. The van der Waals surface area contributed by atoms with E-state index in [1.165, 1.54) is 0 Å². The van der Waals surface area contributed by atoms with E-state index in [0.717, 1.165) is 15.6 Å². The van der Waals surface area contributed by atoms with Crippen molar-refractivity contribution in [1.82, 2.24) is 5.16 Å². The fourth-order valence-electron chi connectivity index (χ4n) is 2.67. The third-order valence-corrected chi connectivity index (χ3v) is 4.59. The molecule has 7 heteroatoms. The molecule has 1 unspecified atom stereocenters. The summed E-state index contributed by atoms with van der Waals surface area (Å²) in [6.07, 6.45) is -1.09. The average Bonchev–Trinajstić information content (AvgIpc) is 3.02. The fraction of sp³-hybridized carbons (Fsp3) is 0.200. The van der Waals surface area contributed by atoms with E-state index in [-0.39, 0.29) is 0 Å². The van der Waals surface area contributed by atoms with Gasteiger partial charge in [-0.1, -0.05) is 39.3 Å². The number of methoxy groups -OCH3 is 1. The van der Waals surface area contributed by atoms with E-state index in [9.17, 15) is 4.79 Å². The number of aryl methyl sites for hydroxylation is 1. The lowest BCUT2D eigenvalue weighted by molar-refractivity contribution is 0.119. The summed E-state index contributed by atoms with van der Waals surface area (Å²) in [4.78, 5) is 12.4. The predicted octanol–water partition coefficient (Wildman–Crippen LogP) is 5.73. The van der Waals surface area contributed by atoms with Crippen molar-refractivity contribution in [2.45, 2.75) is 20.0 Å². The van der Waals surface area contributed by atoms with Gasteiger partial charge < -0.3 is 14.0 Å². The Morgan fingerprint density at radius 2 is 1.89 bits per heavy atom. The Hall–Kier alpha value is -2.80. The zero-order chi connectivity index (χ0) is 19.4. The van der Waals surface area contributed by atoms with Crippen LogP contribution in [-0.2, 0) is 4.74 Å². The number of nitrogens with zero attached hydrogens (tertiary/aromatic N) is 1. The van der Waals surface area contributed by atoms with Gasteiger partial charge in [0.05, 0.1) is 7.11 Å². The van der Waals surface area contributed by atoms with E-state index >= 15 is 0 Å². The van der Waals surface area contributed by atoms with Crippen molar-refractivity contribution in [2.24, 2.45) is 0 Å². The summed E-state index contributed by atoms with van der Waals surface area (Å²) in [7, 11) is 1.58. The van der Waals surface area contributed by atoms with Gasteiger partial charge in [0.15, 0.2) is 5.76 Å². The molecule has 0 aliphatic carbocycles. The molecule has 0 bridgehead atoms. The molecule has 0 saturated heterocycles. The van der Waals surface area contributed by atoms with Gasteiger partial charge in [-0.05, 0) is 44.2 Å². The number of nitrogens with one attached hydrogen (secondary N) is 1. The first-order valence-electron chi connectivity index (χ1n) is 8.32. The number of halogens is 1. The molecule has 0 fully saturated rings. The highest BCUT2D eigenvalue weighted by molar-refractivity contribution is 9.10. The third kappa shape index (κ3) is 4.31. The number of ether oxygens (including phenoxy) is 2. The zero-order valence-corrected chi connectivity index (χ0v) is 16.7. The monoisotopic (exact) mass is 430 g/mol. The number of hydrogen-bond donors (Lipinski definition) is 1. The Bertz CT molecular complexity index is 937. The molecule has 0 radical (unpaired) electrons. The molecule has 0 aliphatic heterocycles. The number of amides is 1. The van der Waals surface area contributed by atoms with E-state index in [0.29, 0.717) is 22.9 Å². The molecule has 0 aliphatic rings. The minimum atomic E-state index is -0.599. The van der Waals surface area contributed by atoms with Gasteiger partial charge in [0, 0.05) is 15.6 Å². The van der Waals surface area contributed by atoms with Crippen molar-refractivity contribution in [3.05, 3.63) is 64.3 Å². The van der Waals surface area contributed by atoms with Crippen molar-refractivity contribution < 1.29 is 18.8 Å². The predicted molar refractivity (Wildman–Crippen MR) is 106 cm³/mol. The third-order valence-electron chi connectivity index (χ3n) is 4.06.